The summed E-state index contributed by atoms with van der Waals surface area (Å²) in [5.74, 6) is 0. The Bertz CT molecular complexity index is 294. The van der Waals surface area contributed by atoms with Crippen LogP contribution in [0.4, 0.5) is 0 Å². The minimum absolute atomic E-state index is 0.799. The third-order valence-corrected chi connectivity index (χ3v) is 5.82. The van der Waals surface area contributed by atoms with Crippen LogP contribution in [0.3, 0.4) is 0 Å². The molecule has 0 radical (unpaired) electrons. The molecule has 0 amide bonds. The molecule has 3 aliphatic heterocycles. The lowest BCUT2D eigenvalue weighted by atomic mass is 9.97. The first kappa shape index (κ1) is 14.8. The number of hydrogen-bond donors (Lipinski definition) is 1. The maximum Gasteiger partial charge on any atom is 0.0111 e. The Hall–Kier alpha value is -0.120. The lowest BCUT2D eigenvalue weighted by Crippen LogP contribution is -2.46. The Labute approximate surface area is 125 Å². The van der Waals surface area contributed by atoms with Gasteiger partial charge in [0.2, 0.25) is 0 Å². The van der Waals surface area contributed by atoms with Crippen LogP contribution in [0.15, 0.2) is 0 Å². The average molecular weight is 279 g/mol. The van der Waals surface area contributed by atoms with Crippen molar-refractivity contribution < 1.29 is 0 Å². The molecular formula is C17H33N3. The molecule has 0 aromatic rings. The number of nitrogens with zero attached hydrogens (tertiary/aromatic N) is 2. The molecule has 0 aromatic heterocycles. The van der Waals surface area contributed by atoms with Crippen LogP contribution in [-0.4, -0.2) is 60.6 Å². The van der Waals surface area contributed by atoms with E-state index in [4.69, 9.17) is 0 Å². The number of nitrogens with one attached hydrogen (secondary N) is 1. The Morgan fingerprint density at radius 3 is 2.85 bits per heavy atom. The van der Waals surface area contributed by atoms with Crippen LogP contribution in [0.25, 0.3) is 0 Å². The Kier molecular flexibility index (Phi) is 5.36. The standard InChI is InChI=1S/C17H33N3/c1-15-6-2-3-10-19(15)12-5-9-18-16-8-13-20-11-4-7-17(20)14-16/h15-18H,2-14H2,1H3. The van der Waals surface area contributed by atoms with E-state index in [0.29, 0.717) is 0 Å². The van der Waals surface area contributed by atoms with Crippen LogP contribution < -0.4 is 5.32 Å². The molecule has 116 valence electrons. The van der Waals surface area contributed by atoms with E-state index >= 15 is 0 Å². The van der Waals surface area contributed by atoms with Gasteiger partial charge in [0.1, 0.15) is 0 Å². The fourth-order valence-electron chi connectivity index (χ4n) is 4.49. The topological polar surface area (TPSA) is 18.5 Å². The molecule has 3 heterocycles. The predicted molar refractivity (Wildman–Crippen MR) is 85.1 cm³/mol. The fraction of sp³-hybridized carbons (Fsp3) is 1.00. The van der Waals surface area contributed by atoms with Gasteiger partial charge in [-0.25, -0.2) is 0 Å². The molecule has 3 nitrogen and oxygen atoms in total. The first-order valence-corrected chi connectivity index (χ1v) is 9.04. The van der Waals surface area contributed by atoms with Crippen molar-refractivity contribution in [3.05, 3.63) is 0 Å². The highest BCUT2D eigenvalue weighted by molar-refractivity contribution is 4.89. The van der Waals surface area contributed by atoms with Crippen LogP contribution in [-0.2, 0) is 0 Å². The van der Waals surface area contributed by atoms with Crippen molar-refractivity contribution in [2.45, 2.75) is 76.4 Å². The number of likely N-dealkylation sites (tertiary alicyclic amines) is 1. The number of piperidine rings is 2. The predicted octanol–water partition coefficient (Wildman–Crippen LogP) is 2.47. The Morgan fingerprint density at radius 1 is 1.00 bits per heavy atom. The maximum absolute atomic E-state index is 3.84. The molecule has 3 saturated heterocycles. The van der Waals surface area contributed by atoms with Crippen LogP contribution >= 0.6 is 0 Å². The molecular weight excluding hydrogens is 246 g/mol. The van der Waals surface area contributed by atoms with E-state index in [1.165, 1.54) is 84.1 Å². The van der Waals surface area contributed by atoms with Gasteiger partial charge in [-0.15, -0.1) is 0 Å². The summed E-state index contributed by atoms with van der Waals surface area (Å²) in [5.41, 5.74) is 0. The minimum atomic E-state index is 0.799. The third-order valence-electron chi connectivity index (χ3n) is 5.82. The zero-order valence-electron chi connectivity index (χ0n) is 13.3. The largest absolute Gasteiger partial charge is 0.314 e. The number of fused-ring (bicyclic) bond motifs is 1. The van der Waals surface area contributed by atoms with E-state index in [0.717, 1.165) is 18.1 Å². The van der Waals surface area contributed by atoms with Gasteiger partial charge in [0, 0.05) is 18.1 Å². The summed E-state index contributed by atoms with van der Waals surface area (Å²) in [6.45, 7) is 8.97. The van der Waals surface area contributed by atoms with Crippen LogP contribution in [0, 0.1) is 0 Å². The quantitative estimate of drug-likeness (QED) is 0.780. The monoisotopic (exact) mass is 279 g/mol. The summed E-state index contributed by atoms with van der Waals surface area (Å²) in [4.78, 5) is 5.42. The van der Waals surface area contributed by atoms with Crippen molar-refractivity contribution in [1.82, 2.24) is 15.1 Å². The molecule has 3 aliphatic rings. The first-order chi connectivity index (χ1) is 9.83. The average Bonchev–Trinajstić information content (AvgIpc) is 2.93. The van der Waals surface area contributed by atoms with Crippen molar-refractivity contribution in [3.63, 3.8) is 0 Å². The van der Waals surface area contributed by atoms with Gasteiger partial charge in [0.25, 0.3) is 0 Å². The molecule has 0 bridgehead atoms. The van der Waals surface area contributed by atoms with E-state index < -0.39 is 0 Å². The fourth-order valence-corrected chi connectivity index (χ4v) is 4.49. The highest BCUT2D eigenvalue weighted by atomic mass is 15.2. The highest BCUT2D eigenvalue weighted by Crippen LogP contribution is 2.26. The molecule has 0 aromatic carbocycles. The maximum atomic E-state index is 3.84. The Balaban J connectivity index is 1.30. The van der Waals surface area contributed by atoms with Crippen molar-refractivity contribution in [2.75, 3.05) is 32.7 Å². The normalized spacial score (nSPS) is 36.1. The van der Waals surface area contributed by atoms with Gasteiger partial charge in [-0.2, -0.15) is 0 Å². The van der Waals surface area contributed by atoms with Crippen LogP contribution in [0.1, 0.15) is 58.3 Å². The summed E-state index contributed by atoms with van der Waals surface area (Å²) < 4.78 is 0. The summed E-state index contributed by atoms with van der Waals surface area (Å²) in [6.07, 6.45) is 11.3. The van der Waals surface area contributed by atoms with Crippen molar-refractivity contribution in [2.24, 2.45) is 0 Å². The molecule has 0 spiro atoms. The van der Waals surface area contributed by atoms with E-state index in [9.17, 15) is 0 Å². The van der Waals surface area contributed by atoms with E-state index in [1.54, 1.807) is 0 Å². The van der Waals surface area contributed by atoms with E-state index in [-0.39, 0.29) is 0 Å². The minimum Gasteiger partial charge on any atom is -0.314 e. The summed E-state index contributed by atoms with van der Waals surface area (Å²) in [7, 11) is 0. The van der Waals surface area contributed by atoms with E-state index in [2.05, 4.69) is 22.0 Å². The summed E-state index contributed by atoms with van der Waals surface area (Å²) >= 11 is 0. The SMILES string of the molecule is CC1CCCCN1CCCNC1CCN2CCCC2C1. The van der Waals surface area contributed by atoms with Crippen molar-refractivity contribution in [3.8, 4) is 0 Å². The van der Waals surface area contributed by atoms with Gasteiger partial charge in [-0.05, 0) is 84.6 Å². The molecule has 3 rings (SSSR count). The second-order valence-electron chi connectivity index (χ2n) is 7.24. The number of rotatable bonds is 5. The van der Waals surface area contributed by atoms with Gasteiger partial charge in [0.15, 0.2) is 0 Å². The second kappa shape index (κ2) is 7.24. The molecule has 3 unspecified atom stereocenters. The molecule has 1 N–H and O–H groups in total. The van der Waals surface area contributed by atoms with Gasteiger partial charge >= 0.3 is 0 Å². The van der Waals surface area contributed by atoms with Gasteiger partial charge < -0.3 is 15.1 Å². The van der Waals surface area contributed by atoms with Crippen molar-refractivity contribution >= 4 is 0 Å². The van der Waals surface area contributed by atoms with Gasteiger partial charge in [-0.1, -0.05) is 6.42 Å². The van der Waals surface area contributed by atoms with E-state index in [1.807, 2.05) is 0 Å². The number of hydrogen-bond acceptors (Lipinski definition) is 3. The van der Waals surface area contributed by atoms with Gasteiger partial charge in [-0.3, -0.25) is 0 Å². The van der Waals surface area contributed by atoms with Gasteiger partial charge in [0.05, 0.1) is 0 Å². The smallest absolute Gasteiger partial charge is 0.0111 e. The molecule has 20 heavy (non-hydrogen) atoms. The van der Waals surface area contributed by atoms with Crippen molar-refractivity contribution in [1.29, 1.82) is 0 Å². The van der Waals surface area contributed by atoms with Crippen LogP contribution in [0.5, 0.6) is 0 Å². The Morgan fingerprint density at radius 2 is 1.95 bits per heavy atom. The summed E-state index contributed by atoms with van der Waals surface area (Å²) in [6, 6.07) is 2.53. The second-order valence-corrected chi connectivity index (χ2v) is 7.24. The highest BCUT2D eigenvalue weighted by Gasteiger charge is 2.31. The zero-order chi connectivity index (χ0) is 13.8. The molecule has 3 heteroatoms. The zero-order valence-corrected chi connectivity index (χ0v) is 13.3. The third kappa shape index (κ3) is 3.75. The summed E-state index contributed by atoms with van der Waals surface area (Å²) in [5, 5.41) is 3.84. The molecule has 0 saturated carbocycles. The first-order valence-electron chi connectivity index (χ1n) is 9.04. The molecule has 3 fully saturated rings. The molecule has 0 aliphatic carbocycles. The van der Waals surface area contributed by atoms with Crippen LogP contribution in [0.2, 0.25) is 0 Å². The lowest BCUT2D eigenvalue weighted by molar-refractivity contribution is 0.151. The lowest BCUT2D eigenvalue weighted by Gasteiger charge is -2.36. The molecule has 3 atom stereocenters.